The van der Waals surface area contributed by atoms with Crippen molar-refractivity contribution in [3.05, 3.63) is 45.2 Å². The van der Waals surface area contributed by atoms with E-state index in [4.69, 9.17) is 27.9 Å². The maximum Gasteiger partial charge on any atom is 0.133 e. The SMILES string of the molecule is CNCc1c(Cl)cccc1OCc1c(C)nn(C)c1Cl. The van der Waals surface area contributed by atoms with E-state index in [0.29, 0.717) is 23.3 Å². The average molecular weight is 314 g/mol. The Bertz CT molecular complexity index is 611. The van der Waals surface area contributed by atoms with Crippen molar-refractivity contribution in [1.29, 1.82) is 0 Å². The lowest BCUT2D eigenvalue weighted by Gasteiger charge is -2.12. The van der Waals surface area contributed by atoms with Crippen LogP contribution in [0.15, 0.2) is 18.2 Å². The molecule has 0 atom stereocenters. The van der Waals surface area contributed by atoms with Gasteiger partial charge in [-0.15, -0.1) is 0 Å². The number of nitrogens with one attached hydrogen (secondary N) is 1. The van der Waals surface area contributed by atoms with E-state index in [1.807, 2.05) is 39.2 Å². The summed E-state index contributed by atoms with van der Waals surface area (Å²) in [6.45, 7) is 2.93. The second-order valence-corrected chi connectivity index (χ2v) is 5.28. The third-order valence-corrected chi connectivity index (χ3v) is 3.90. The number of hydrogen-bond donors (Lipinski definition) is 1. The first-order valence-electron chi connectivity index (χ1n) is 6.27. The summed E-state index contributed by atoms with van der Waals surface area (Å²) in [6, 6.07) is 5.62. The van der Waals surface area contributed by atoms with Crippen LogP contribution >= 0.6 is 23.2 Å². The number of hydrogen-bond acceptors (Lipinski definition) is 3. The van der Waals surface area contributed by atoms with Crippen LogP contribution in [0.3, 0.4) is 0 Å². The van der Waals surface area contributed by atoms with Gasteiger partial charge in [-0.3, -0.25) is 4.68 Å². The fourth-order valence-electron chi connectivity index (χ4n) is 2.01. The lowest BCUT2D eigenvalue weighted by molar-refractivity contribution is 0.301. The summed E-state index contributed by atoms with van der Waals surface area (Å²) >= 11 is 12.4. The van der Waals surface area contributed by atoms with Gasteiger partial charge in [-0.2, -0.15) is 5.10 Å². The standard InChI is InChI=1S/C14H17Cl2N3O/c1-9-11(14(16)19(3)18-9)8-20-13-6-4-5-12(15)10(13)7-17-2/h4-6,17H,7-8H2,1-3H3. The number of aryl methyl sites for hydroxylation is 2. The predicted octanol–water partition coefficient (Wildman–Crippen LogP) is 3.33. The fourth-order valence-corrected chi connectivity index (χ4v) is 2.47. The lowest BCUT2D eigenvalue weighted by atomic mass is 10.2. The van der Waals surface area contributed by atoms with Crippen LogP contribution in [-0.4, -0.2) is 16.8 Å². The van der Waals surface area contributed by atoms with Crippen LogP contribution in [0, 0.1) is 6.92 Å². The molecule has 0 saturated heterocycles. The van der Waals surface area contributed by atoms with Gasteiger partial charge in [0.2, 0.25) is 0 Å². The number of benzene rings is 1. The molecule has 0 bridgehead atoms. The summed E-state index contributed by atoms with van der Waals surface area (Å²) in [6.07, 6.45) is 0. The molecule has 1 aromatic heterocycles. The number of nitrogens with zero attached hydrogens (tertiary/aromatic N) is 2. The molecule has 1 aromatic carbocycles. The summed E-state index contributed by atoms with van der Waals surface area (Å²) in [5, 5.41) is 8.63. The molecule has 1 heterocycles. The highest BCUT2D eigenvalue weighted by molar-refractivity contribution is 6.31. The van der Waals surface area contributed by atoms with Crippen molar-refractivity contribution in [2.75, 3.05) is 7.05 Å². The quantitative estimate of drug-likeness (QED) is 0.920. The van der Waals surface area contributed by atoms with Crippen LogP contribution in [0.5, 0.6) is 5.75 Å². The highest BCUT2D eigenvalue weighted by atomic mass is 35.5. The van der Waals surface area contributed by atoms with E-state index >= 15 is 0 Å². The van der Waals surface area contributed by atoms with E-state index in [1.165, 1.54) is 0 Å². The van der Waals surface area contributed by atoms with Crippen molar-refractivity contribution in [3.8, 4) is 5.75 Å². The molecule has 0 aliphatic carbocycles. The van der Waals surface area contributed by atoms with Crippen molar-refractivity contribution in [1.82, 2.24) is 15.1 Å². The Morgan fingerprint density at radius 1 is 1.30 bits per heavy atom. The van der Waals surface area contributed by atoms with Gasteiger partial charge in [0, 0.05) is 29.7 Å². The first-order chi connectivity index (χ1) is 9.54. The Hall–Kier alpha value is -1.23. The molecule has 4 nitrogen and oxygen atoms in total. The molecule has 6 heteroatoms. The van der Waals surface area contributed by atoms with Gasteiger partial charge >= 0.3 is 0 Å². The smallest absolute Gasteiger partial charge is 0.133 e. The maximum atomic E-state index is 6.19. The van der Waals surface area contributed by atoms with Crippen molar-refractivity contribution in [3.63, 3.8) is 0 Å². The normalized spacial score (nSPS) is 10.8. The zero-order valence-electron chi connectivity index (χ0n) is 11.7. The molecule has 1 N–H and O–H groups in total. The molecule has 2 aromatic rings. The Morgan fingerprint density at radius 2 is 2.05 bits per heavy atom. The highest BCUT2D eigenvalue weighted by Gasteiger charge is 2.13. The lowest BCUT2D eigenvalue weighted by Crippen LogP contribution is -2.08. The molecule has 2 rings (SSSR count). The van der Waals surface area contributed by atoms with E-state index in [2.05, 4.69) is 10.4 Å². The molecule has 0 aliphatic rings. The van der Waals surface area contributed by atoms with E-state index in [0.717, 1.165) is 22.6 Å². The van der Waals surface area contributed by atoms with E-state index in [-0.39, 0.29) is 0 Å². The largest absolute Gasteiger partial charge is 0.488 e. The summed E-state index contributed by atoms with van der Waals surface area (Å²) in [4.78, 5) is 0. The Labute approximate surface area is 128 Å². The second kappa shape index (κ2) is 6.48. The summed E-state index contributed by atoms with van der Waals surface area (Å²) in [5.41, 5.74) is 2.70. The van der Waals surface area contributed by atoms with Crippen LogP contribution in [0.1, 0.15) is 16.8 Å². The molecule has 0 aliphatic heterocycles. The third-order valence-electron chi connectivity index (χ3n) is 3.07. The van der Waals surface area contributed by atoms with Gasteiger partial charge in [0.25, 0.3) is 0 Å². The van der Waals surface area contributed by atoms with Crippen LogP contribution in [0.4, 0.5) is 0 Å². The van der Waals surface area contributed by atoms with Gasteiger partial charge in [-0.25, -0.2) is 0 Å². The zero-order chi connectivity index (χ0) is 14.7. The molecule has 0 saturated carbocycles. The number of rotatable bonds is 5. The van der Waals surface area contributed by atoms with E-state index < -0.39 is 0 Å². The van der Waals surface area contributed by atoms with E-state index in [1.54, 1.807) is 4.68 Å². The van der Waals surface area contributed by atoms with Crippen LogP contribution in [0.2, 0.25) is 10.2 Å². The summed E-state index contributed by atoms with van der Waals surface area (Å²) in [5.74, 6) is 0.756. The molecule has 0 spiro atoms. The van der Waals surface area contributed by atoms with Crippen molar-refractivity contribution >= 4 is 23.2 Å². The van der Waals surface area contributed by atoms with Gasteiger partial charge in [-0.1, -0.05) is 29.3 Å². The fraction of sp³-hybridized carbons (Fsp3) is 0.357. The van der Waals surface area contributed by atoms with Gasteiger partial charge < -0.3 is 10.1 Å². The first kappa shape index (κ1) is 15.2. The van der Waals surface area contributed by atoms with Crippen molar-refractivity contribution in [2.24, 2.45) is 7.05 Å². The summed E-state index contributed by atoms with van der Waals surface area (Å²) in [7, 11) is 3.68. The number of ether oxygens (including phenoxy) is 1. The van der Waals surface area contributed by atoms with Crippen LogP contribution < -0.4 is 10.1 Å². The molecule has 108 valence electrons. The topological polar surface area (TPSA) is 39.1 Å². The molecule has 0 amide bonds. The van der Waals surface area contributed by atoms with Gasteiger partial charge in [-0.05, 0) is 26.1 Å². The Kier molecular flexibility index (Phi) is 4.91. The van der Waals surface area contributed by atoms with Gasteiger partial charge in [0.15, 0.2) is 0 Å². The Balaban J connectivity index is 2.21. The zero-order valence-corrected chi connectivity index (χ0v) is 13.2. The first-order valence-corrected chi connectivity index (χ1v) is 7.03. The third kappa shape index (κ3) is 3.08. The number of halogens is 2. The highest BCUT2D eigenvalue weighted by Crippen LogP contribution is 2.28. The van der Waals surface area contributed by atoms with Gasteiger partial charge in [0.05, 0.1) is 5.69 Å². The van der Waals surface area contributed by atoms with Crippen LogP contribution in [0.25, 0.3) is 0 Å². The van der Waals surface area contributed by atoms with Crippen LogP contribution in [-0.2, 0) is 20.2 Å². The average Bonchev–Trinajstić information content (AvgIpc) is 2.65. The molecular weight excluding hydrogens is 297 g/mol. The monoisotopic (exact) mass is 313 g/mol. The van der Waals surface area contributed by atoms with E-state index in [9.17, 15) is 0 Å². The molecule has 0 radical (unpaired) electrons. The maximum absolute atomic E-state index is 6.19. The predicted molar refractivity (Wildman–Crippen MR) is 81.5 cm³/mol. The minimum atomic E-state index is 0.371. The summed E-state index contributed by atoms with van der Waals surface area (Å²) < 4.78 is 7.51. The van der Waals surface area contributed by atoms with Crippen molar-refractivity contribution < 1.29 is 4.74 Å². The minimum Gasteiger partial charge on any atom is -0.488 e. The van der Waals surface area contributed by atoms with Gasteiger partial charge in [0.1, 0.15) is 17.5 Å². The molecule has 0 fully saturated rings. The van der Waals surface area contributed by atoms with Crippen molar-refractivity contribution in [2.45, 2.75) is 20.1 Å². The molecule has 0 unspecified atom stereocenters. The Morgan fingerprint density at radius 3 is 2.65 bits per heavy atom. The number of aromatic nitrogens is 2. The second-order valence-electron chi connectivity index (χ2n) is 4.51. The molecular formula is C14H17Cl2N3O. The minimum absolute atomic E-state index is 0.371. The molecule has 20 heavy (non-hydrogen) atoms.